The first kappa shape index (κ1) is 8.45. The SMILES string of the molecule is N#CCc1cccc(-n2c(=O)c2=O)c1. The van der Waals surface area contributed by atoms with Crippen LogP contribution in [0.3, 0.4) is 0 Å². The summed E-state index contributed by atoms with van der Waals surface area (Å²) in [6, 6.07) is 8.85. The highest BCUT2D eigenvalue weighted by Crippen LogP contribution is 2.08. The molecule has 0 unspecified atom stereocenters. The number of nitriles is 1. The van der Waals surface area contributed by atoms with Crippen LogP contribution in [0.25, 0.3) is 5.69 Å². The Balaban J connectivity index is 2.43. The first-order valence-corrected chi connectivity index (χ1v) is 4.08. The fraction of sp³-hybridized carbons (Fsp3) is 0.100. The highest BCUT2D eigenvalue weighted by molar-refractivity contribution is 5.38. The van der Waals surface area contributed by atoms with E-state index in [1.165, 1.54) is 0 Å². The van der Waals surface area contributed by atoms with E-state index in [1.54, 1.807) is 24.3 Å². The van der Waals surface area contributed by atoms with Gasteiger partial charge in [-0.3, -0.25) is 9.59 Å². The van der Waals surface area contributed by atoms with Gasteiger partial charge in [-0.15, -0.1) is 0 Å². The minimum absolute atomic E-state index is 0.282. The molecule has 0 radical (unpaired) electrons. The van der Waals surface area contributed by atoms with Gasteiger partial charge in [0, 0.05) is 0 Å². The Hall–Kier alpha value is -2.15. The first-order chi connectivity index (χ1) is 6.74. The van der Waals surface area contributed by atoms with E-state index in [0.717, 1.165) is 10.1 Å². The Bertz CT molecular complexity index is 557. The van der Waals surface area contributed by atoms with Crippen LogP contribution in [0.2, 0.25) is 0 Å². The lowest BCUT2D eigenvalue weighted by Gasteiger charge is -1.96. The molecule has 14 heavy (non-hydrogen) atoms. The largest absolute Gasteiger partial charge is 0.324 e. The summed E-state index contributed by atoms with van der Waals surface area (Å²) < 4.78 is 1.08. The normalized spacial score (nSPS) is 10.2. The second-order valence-electron chi connectivity index (χ2n) is 2.95. The molecular weight excluding hydrogens is 180 g/mol. The van der Waals surface area contributed by atoms with E-state index < -0.39 is 11.1 Å². The van der Waals surface area contributed by atoms with E-state index in [4.69, 9.17) is 5.26 Å². The van der Waals surface area contributed by atoms with Crippen LogP contribution in [0.1, 0.15) is 5.56 Å². The van der Waals surface area contributed by atoms with Crippen molar-refractivity contribution in [2.45, 2.75) is 6.42 Å². The predicted octanol–water partition coefficient (Wildman–Crippen LogP) is 0.139. The molecule has 0 saturated heterocycles. The molecule has 0 N–H and O–H groups in total. The monoisotopic (exact) mass is 186 g/mol. The number of rotatable bonds is 2. The van der Waals surface area contributed by atoms with Gasteiger partial charge in [0.2, 0.25) is 0 Å². The number of hydrogen-bond acceptors (Lipinski definition) is 3. The zero-order valence-corrected chi connectivity index (χ0v) is 7.23. The van der Waals surface area contributed by atoms with Gasteiger partial charge in [0.05, 0.1) is 18.2 Å². The van der Waals surface area contributed by atoms with E-state index in [9.17, 15) is 9.59 Å². The molecule has 1 aromatic heterocycles. The summed E-state index contributed by atoms with van der Waals surface area (Å²) >= 11 is 0. The van der Waals surface area contributed by atoms with Gasteiger partial charge >= 0.3 is 11.1 Å². The maximum Gasteiger partial charge on any atom is 0.324 e. The molecule has 0 spiro atoms. The van der Waals surface area contributed by atoms with Crippen molar-refractivity contribution in [2.24, 2.45) is 0 Å². The average molecular weight is 186 g/mol. The zero-order valence-electron chi connectivity index (χ0n) is 7.23. The van der Waals surface area contributed by atoms with E-state index in [1.807, 2.05) is 6.07 Å². The summed E-state index contributed by atoms with van der Waals surface area (Å²) in [5, 5.41) is 8.47. The van der Waals surface area contributed by atoms with Gasteiger partial charge in [0.1, 0.15) is 0 Å². The van der Waals surface area contributed by atoms with E-state index in [2.05, 4.69) is 0 Å². The number of nitrogens with zero attached hydrogens (tertiary/aromatic N) is 2. The molecule has 68 valence electrons. The molecule has 2 rings (SSSR count). The Morgan fingerprint density at radius 3 is 2.57 bits per heavy atom. The van der Waals surface area contributed by atoms with Gasteiger partial charge in [-0.1, -0.05) is 12.1 Å². The Morgan fingerprint density at radius 2 is 2.00 bits per heavy atom. The molecule has 0 amide bonds. The maximum atomic E-state index is 10.8. The fourth-order valence-electron chi connectivity index (χ4n) is 1.27. The third-order valence-corrected chi connectivity index (χ3v) is 1.99. The second-order valence-corrected chi connectivity index (χ2v) is 2.95. The van der Waals surface area contributed by atoms with Crippen LogP contribution in [-0.4, -0.2) is 4.57 Å². The summed E-state index contributed by atoms with van der Waals surface area (Å²) in [4.78, 5) is 21.6. The molecule has 0 aliphatic heterocycles. The summed E-state index contributed by atoms with van der Waals surface area (Å²) in [5.74, 6) is 0. The van der Waals surface area contributed by atoms with Crippen molar-refractivity contribution in [3.05, 3.63) is 50.5 Å². The van der Waals surface area contributed by atoms with Crippen LogP contribution in [0.4, 0.5) is 0 Å². The van der Waals surface area contributed by atoms with Crippen molar-refractivity contribution in [2.75, 3.05) is 0 Å². The topological polar surface area (TPSA) is 62.9 Å². The van der Waals surface area contributed by atoms with E-state index in [-0.39, 0.29) is 6.42 Å². The summed E-state index contributed by atoms with van der Waals surface area (Å²) in [6.07, 6.45) is 0.282. The molecule has 0 aliphatic rings. The minimum Gasteiger partial charge on any atom is -0.262 e. The Labute approximate surface area is 79.3 Å². The number of benzene rings is 1. The van der Waals surface area contributed by atoms with Gasteiger partial charge in [-0.05, 0) is 17.7 Å². The van der Waals surface area contributed by atoms with Crippen molar-refractivity contribution >= 4 is 0 Å². The van der Waals surface area contributed by atoms with Crippen LogP contribution in [0.5, 0.6) is 0 Å². The first-order valence-electron chi connectivity index (χ1n) is 4.08. The molecule has 2 aromatic rings. The smallest absolute Gasteiger partial charge is 0.262 e. The van der Waals surface area contributed by atoms with Gasteiger partial charge in [0.25, 0.3) is 0 Å². The van der Waals surface area contributed by atoms with Crippen molar-refractivity contribution < 1.29 is 0 Å². The van der Waals surface area contributed by atoms with Crippen molar-refractivity contribution in [1.82, 2.24) is 4.57 Å². The second kappa shape index (κ2) is 2.96. The summed E-state index contributed by atoms with van der Waals surface area (Å²) in [6.45, 7) is 0. The van der Waals surface area contributed by atoms with Crippen molar-refractivity contribution in [1.29, 1.82) is 5.26 Å². The quantitative estimate of drug-likeness (QED) is 0.626. The summed E-state index contributed by atoms with van der Waals surface area (Å²) in [7, 11) is 0. The molecule has 0 aliphatic carbocycles. The molecule has 0 saturated carbocycles. The summed E-state index contributed by atoms with van der Waals surface area (Å²) in [5.41, 5.74) is 0.378. The van der Waals surface area contributed by atoms with Crippen molar-refractivity contribution in [3.8, 4) is 11.8 Å². The van der Waals surface area contributed by atoms with E-state index >= 15 is 0 Å². The highest BCUT2D eigenvalue weighted by atomic mass is 16.2. The van der Waals surface area contributed by atoms with Gasteiger partial charge in [0.15, 0.2) is 0 Å². The minimum atomic E-state index is -0.487. The highest BCUT2D eigenvalue weighted by Gasteiger charge is 2.17. The number of aromatic nitrogens is 1. The molecule has 1 heterocycles. The van der Waals surface area contributed by atoms with Crippen LogP contribution >= 0.6 is 0 Å². The molecule has 1 aromatic carbocycles. The van der Waals surface area contributed by atoms with Crippen LogP contribution < -0.4 is 11.1 Å². The Morgan fingerprint density at radius 1 is 1.29 bits per heavy atom. The lowest BCUT2D eigenvalue weighted by Crippen LogP contribution is -1.93. The van der Waals surface area contributed by atoms with E-state index in [0.29, 0.717) is 5.69 Å². The lowest BCUT2D eigenvalue weighted by molar-refractivity contribution is 1.15. The molecule has 0 bridgehead atoms. The molecule has 0 fully saturated rings. The standard InChI is InChI=1S/C10H6N2O2/c11-5-4-7-2-1-3-8(6-7)12-9(13)10(12)14/h1-3,6H,4H2. The fourth-order valence-corrected chi connectivity index (χ4v) is 1.27. The van der Waals surface area contributed by atoms with Crippen LogP contribution in [0.15, 0.2) is 33.9 Å². The molecular formula is C10H6N2O2. The number of hydrogen-bond donors (Lipinski definition) is 0. The van der Waals surface area contributed by atoms with Crippen LogP contribution in [-0.2, 0) is 6.42 Å². The zero-order chi connectivity index (χ0) is 10.1. The molecule has 0 atom stereocenters. The maximum absolute atomic E-state index is 10.8. The van der Waals surface area contributed by atoms with Crippen molar-refractivity contribution in [3.63, 3.8) is 0 Å². The van der Waals surface area contributed by atoms with Crippen LogP contribution in [0, 0.1) is 11.3 Å². The third kappa shape index (κ3) is 1.25. The Kier molecular flexibility index (Phi) is 1.79. The molecule has 4 heteroatoms. The van der Waals surface area contributed by atoms with Gasteiger partial charge in [-0.25, -0.2) is 4.57 Å². The third-order valence-electron chi connectivity index (χ3n) is 1.99. The average Bonchev–Trinajstić information content (AvgIpc) is 2.76. The molecule has 4 nitrogen and oxygen atoms in total. The lowest BCUT2D eigenvalue weighted by atomic mass is 10.1. The predicted molar refractivity (Wildman–Crippen MR) is 50.0 cm³/mol. The van der Waals surface area contributed by atoms with Gasteiger partial charge in [-0.2, -0.15) is 5.26 Å². The van der Waals surface area contributed by atoms with Gasteiger partial charge < -0.3 is 0 Å².